The highest BCUT2D eigenvalue weighted by molar-refractivity contribution is 6.06. The van der Waals surface area contributed by atoms with Crippen LogP contribution in [0, 0.1) is 6.92 Å². The fraction of sp³-hybridized carbons (Fsp3) is 0.0556. The van der Waals surface area contributed by atoms with Gasteiger partial charge < -0.3 is 0 Å². The van der Waals surface area contributed by atoms with Crippen LogP contribution in [0.5, 0.6) is 0 Å². The number of carbonyl (C=O) groups excluding carboxylic acids is 1. The van der Waals surface area contributed by atoms with E-state index < -0.39 is 0 Å². The average Bonchev–Trinajstić information content (AvgIpc) is 2.54. The van der Waals surface area contributed by atoms with Crippen molar-refractivity contribution in [1.82, 2.24) is 9.97 Å². The lowest BCUT2D eigenvalue weighted by molar-refractivity contribution is 0.104. The molecular weight excluding hydrogens is 260 g/mol. The molecule has 102 valence electrons. The predicted octanol–water partition coefficient (Wildman–Crippen LogP) is 3.83. The molecule has 3 nitrogen and oxygen atoms in total. The van der Waals surface area contributed by atoms with Crippen LogP contribution in [0.3, 0.4) is 0 Å². The number of aromatic nitrogens is 2. The first kappa shape index (κ1) is 13.2. The third-order valence-corrected chi connectivity index (χ3v) is 3.31. The van der Waals surface area contributed by atoms with Gasteiger partial charge in [-0.15, -0.1) is 0 Å². The zero-order chi connectivity index (χ0) is 14.7. The van der Waals surface area contributed by atoms with E-state index in [0.29, 0.717) is 5.56 Å². The number of aryl methyl sites for hydroxylation is 1. The van der Waals surface area contributed by atoms with Crippen LogP contribution in [-0.4, -0.2) is 15.8 Å². The number of pyridine rings is 2. The van der Waals surface area contributed by atoms with Crippen LogP contribution >= 0.6 is 0 Å². The van der Waals surface area contributed by atoms with Crippen molar-refractivity contribution in [3.8, 4) is 0 Å². The Labute approximate surface area is 123 Å². The van der Waals surface area contributed by atoms with Gasteiger partial charge in [-0.2, -0.15) is 0 Å². The second-order valence-corrected chi connectivity index (χ2v) is 4.82. The maximum atomic E-state index is 12.0. The minimum Gasteiger partial charge on any atom is -0.289 e. The van der Waals surface area contributed by atoms with Gasteiger partial charge in [0, 0.05) is 23.3 Å². The topological polar surface area (TPSA) is 42.9 Å². The van der Waals surface area contributed by atoms with Gasteiger partial charge >= 0.3 is 0 Å². The van der Waals surface area contributed by atoms with Gasteiger partial charge in [0.1, 0.15) is 0 Å². The van der Waals surface area contributed by atoms with Crippen LogP contribution in [0.2, 0.25) is 0 Å². The Morgan fingerprint density at radius 3 is 2.67 bits per heavy atom. The van der Waals surface area contributed by atoms with Crippen LogP contribution in [0.15, 0.2) is 60.9 Å². The van der Waals surface area contributed by atoms with Crippen LogP contribution in [0.25, 0.3) is 17.0 Å². The molecule has 3 aromatic rings. The van der Waals surface area contributed by atoms with E-state index in [2.05, 4.69) is 9.97 Å². The second-order valence-electron chi connectivity index (χ2n) is 4.82. The van der Waals surface area contributed by atoms with E-state index in [9.17, 15) is 4.79 Å². The molecule has 0 atom stereocenters. The minimum atomic E-state index is -0.0518. The van der Waals surface area contributed by atoms with Crippen molar-refractivity contribution in [2.75, 3.05) is 0 Å². The predicted molar refractivity (Wildman–Crippen MR) is 84.1 cm³/mol. The summed E-state index contributed by atoms with van der Waals surface area (Å²) in [6, 6.07) is 13.4. The normalized spacial score (nSPS) is 11.1. The van der Waals surface area contributed by atoms with E-state index in [-0.39, 0.29) is 5.78 Å². The molecule has 0 aliphatic rings. The van der Waals surface area contributed by atoms with E-state index in [1.807, 2.05) is 37.3 Å². The summed E-state index contributed by atoms with van der Waals surface area (Å²) in [5.74, 6) is -0.0518. The highest BCUT2D eigenvalue weighted by Crippen LogP contribution is 2.17. The lowest BCUT2D eigenvalue weighted by atomic mass is 10.1. The molecule has 0 bridgehead atoms. The monoisotopic (exact) mass is 274 g/mol. The second kappa shape index (κ2) is 5.67. The summed E-state index contributed by atoms with van der Waals surface area (Å²) < 4.78 is 0. The van der Waals surface area contributed by atoms with Gasteiger partial charge in [0.2, 0.25) is 0 Å². The van der Waals surface area contributed by atoms with Gasteiger partial charge in [0.15, 0.2) is 5.78 Å². The molecule has 2 heterocycles. The van der Waals surface area contributed by atoms with Gasteiger partial charge in [-0.05, 0) is 42.8 Å². The Kier molecular flexibility index (Phi) is 3.56. The van der Waals surface area contributed by atoms with E-state index in [1.165, 1.54) is 0 Å². The molecule has 0 aliphatic carbocycles. The number of ketones is 1. The Bertz CT molecular complexity index is 823. The number of allylic oxidation sites excluding steroid dienone is 1. The average molecular weight is 274 g/mol. The lowest BCUT2D eigenvalue weighted by Gasteiger charge is -2.02. The molecule has 0 spiro atoms. The van der Waals surface area contributed by atoms with Gasteiger partial charge in [0.05, 0.1) is 11.2 Å². The molecule has 0 radical (unpaired) electrons. The molecule has 0 saturated carbocycles. The first-order valence-corrected chi connectivity index (χ1v) is 6.73. The third kappa shape index (κ3) is 2.87. The summed E-state index contributed by atoms with van der Waals surface area (Å²) in [4.78, 5) is 20.5. The summed E-state index contributed by atoms with van der Waals surface area (Å²) in [6.45, 7) is 2.03. The largest absolute Gasteiger partial charge is 0.289 e. The number of fused-ring (bicyclic) bond motifs is 1. The molecular formula is C18H14N2O. The standard InChI is InChI=1S/C18H14N2O/c1-13-3-2-4-15-5-6-16(20-18(13)15)7-8-17(21)14-9-11-19-12-10-14/h2-12H,1H3. The van der Waals surface area contributed by atoms with Crippen molar-refractivity contribution in [1.29, 1.82) is 0 Å². The number of rotatable bonds is 3. The molecule has 0 aliphatic heterocycles. The quantitative estimate of drug-likeness (QED) is 0.538. The van der Waals surface area contributed by atoms with Crippen molar-refractivity contribution in [3.05, 3.63) is 77.8 Å². The number of nitrogens with zero attached hydrogens (tertiary/aromatic N) is 2. The van der Waals surface area contributed by atoms with Gasteiger partial charge in [-0.1, -0.05) is 24.3 Å². The summed E-state index contributed by atoms with van der Waals surface area (Å²) in [5, 5.41) is 1.10. The van der Waals surface area contributed by atoms with Crippen molar-refractivity contribution in [3.63, 3.8) is 0 Å². The molecule has 1 aromatic carbocycles. The smallest absolute Gasteiger partial charge is 0.186 e. The molecule has 2 aromatic heterocycles. The van der Waals surface area contributed by atoms with E-state index >= 15 is 0 Å². The first-order valence-electron chi connectivity index (χ1n) is 6.73. The zero-order valence-corrected chi connectivity index (χ0v) is 11.7. The Morgan fingerprint density at radius 1 is 1.05 bits per heavy atom. The fourth-order valence-corrected chi connectivity index (χ4v) is 2.18. The molecule has 3 heteroatoms. The van der Waals surface area contributed by atoms with Crippen molar-refractivity contribution in [2.45, 2.75) is 6.92 Å². The highest BCUT2D eigenvalue weighted by atomic mass is 16.1. The molecule has 21 heavy (non-hydrogen) atoms. The number of carbonyl (C=O) groups is 1. The minimum absolute atomic E-state index is 0.0518. The molecule has 0 saturated heterocycles. The van der Waals surface area contributed by atoms with Crippen LogP contribution < -0.4 is 0 Å². The third-order valence-electron chi connectivity index (χ3n) is 3.31. The van der Waals surface area contributed by atoms with Crippen molar-refractivity contribution in [2.24, 2.45) is 0 Å². The SMILES string of the molecule is Cc1cccc2ccc(C=CC(=O)c3ccncc3)nc12. The fourth-order valence-electron chi connectivity index (χ4n) is 2.18. The van der Waals surface area contributed by atoms with Crippen LogP contribution in [-0.2, 0) is 0 Å². The van der Waals surface area contributed by atoms with Gasteiger partial charge in [-0.25, -0.2) is 4.98 Å². The highest BCUT2D eigenvalue weighted by Gasteiger charge is 2.02. The Balaban J connectivity index is 1.90. The molecule has 0 unspecified atom stereocenters. The van der Waals surface area contributed by atoms with Gasteiger partial charge in [0.25, 0.3) is 0 Å². The molecule has 0 fully saturated rings. The van der Waals surface area contributed by atoms with E-state index in [0.717, 1.165) is 22.2 Å². The lowest BCUT2D eigenvalue weighted by Crippen LogP contribution is -1.94. The summed E-state index contributed by atoms with van der Waals surface area (Å²) in [7, 11) is 0. The zero-order valence-electron chi connectivity index (χ0n) is 11.7. The molecule has 3 rings (SSSR count). The maximum absolute atomic E-state index is 12.0. The number of hydrogen-bond donors (Lipinski definition) is 0. The van der Waals surface area contributed by atoms with E-state index in [4.69, 9.17) is 0 Å². The van der Waals surface area contributed by atoms with Crippen LogP contribution in [0.1, 0.15) is 21.6 Å². The maximum Gasteiger partial charge on any atom is 0.186 e. The first-order chi connectivity index (χ1) is 10.2. The number of benzene rings is 1. The van der Waals surface area contributed by atoms with Crippen molar-refractivity contribution < 1.29 is 4.79 Å². The summed E-state index contributed by atoms with van der Waals surface area (Å²) >= 11 is 0. The van der Waals surface area contributed by atoms with Crippen LogP contribution in [0.4, 0.5) is 0 Å². The Hall–Kier alpha value is -2.81. The molecule has 0 N–H and O–H groups in total. The van der Waals surface area contributed by atoms with E-state index in [1.54, 1.807) is 36.7 Å². The molecule has 0 amide bonds. The van der Waals surface area contributed by atoms with Gasteiger partial charge in [-0.3, -0.25) is 9.78 Å². The summed E-state index contributed by atoms with van der Waals surface area (Å²) in [6.07, 6.45) is 6.51. The summed E-state index contributed by atoms with van der Waals surface area (Å²) in [5.41, 5.74) is 3.50. The van der Waals surface area contributed by atoms with Crippen molar-refractivity contribution >= 4 is 22.8 Å². The number of para-hydroxylation sites is 1. The number of hydrogen-bond acceptors (Lipinski definition) is 3. The Morgan fingerprint density at radius 2 is 1.86 bits per heavy atom.